The van der Waals surface area contributed by atoms with E-state index in [0.717, 1.165) is 22.7 Å². The summed E-state index contributed by atoms with van der Waals surface area (Å²) in [5, 5.41) is 3.25. The maximum Gasteiger partial charge on any atom is 0.0976 e. The molecule has 3 heteroatoms. The molecule has 0 amide bonds. The molecule has 3 aromatic rings. The molecule has 0 saturated heterocycles. The van der Waals surface area contributed by atoms with Crippen LogP contribution in [0.25, 0.3) is 11.3 Å². The standard InChI is InChI=1S/C15H12N2S/c1-2-4-12(5-3-1)10-15-17-14(11-18-15)13-6-8-16-9-7-13/h1-9,11H,10H2. The Morgan fingerprint density at radius 1 is 0.944 bits per heavy atom. The molecule has 0 unspecified atom stereocenters. The summed E-state index contributed by atoms with van der Waals surface area (Å²) in [6, 6.07) is 14.4. The van der Waals surface area contributed by atoms with E-state index >= 15 is 0 Å². The van der Waals surface area contributed by atoms with Crippen molar-refractivity contribution >= 4 is 11.3 Å². The minimum atomic E-state index is 0.899. The van der Waals surface area contributed by atoms with Gasteiger partial charge in [-0.3, -0.25) is 4.98 Å². The van der Waals surface area contributed by atoms with Crippen molar-refractivity contribution in [3.8, 4) is 11.3 Å². The van der Waals surface area contributed by atoms with E-state index in [1.165, 1.54) is 5.56 Å². The lowest BCUT2D eigenvalue weighted by atomic mass is 10.2. The van der Waals surface area contributed by atoms with Gasteiger partial charge >= 0.3 is 0 Å². The van der Waals surface area contributed by atoms with Crippen LogP contribution in [0.4, 0.5) is 0 Å². The Kier molecular flexibility index (Phi) is 3.15. The number of rotatable bonds is 3. The van der Waals surface area contributed by atoms with Crippen LogP contribution in [0, 0.1) is 0 Å². The van der Waals surface area contributed by atoms with E-state index in [0.29, 0.717) is 0 Å². The Labute approximate surface area is 110 Å². The lowest BCUT2D eigenvalue weighted by Gasteiger charge is -1.97. The first-order valence-corrected chi connectivity index (χ1v) is 6.68. The van der Waals surface area contributed by atoms with Crippen molar-refractivity contribution in [3.05, 3.63) is 70.8 Å². The smallest absolute Gasteiger partial charge is 0.0976 e. The lowest BCUT2D eigenvalue weighted by Crippen LogP contribution is -1.86. The molecule has 0 aliphatic rings. The molecule has 0 aliphatic heterocycles. The van der Waals surface area contributed by atoms with Crippen LogP contribution in [0.15, 0.2) is 60.2 Å². The summed E-state index contributed by atoms with van der Waals surface area (Å²) in [5.74, 6) is 0. The van der Waals surface area contributed by atoms with Crippen molar-refractivity contribution in [2.75, 3.05) is 0 Å². The Bertz CT molecular complexity index is 617. The van der Waals surface area contributed by atoms with Crippen LogP contribution < -0.4 is 0 Å². The van der Waals surface area contributed by atoms with E-state index < -0.39 is 0 Å². The normalized spacial score (nSPS) is 10.4. The van der Waals surface area contributed by atoms with E-state index in [2.05, 4.69) is 39.6 Å². The minimum Gasteiger partial charge on any atom is -0.265 e. The molecule has 0 bridgehead atoms. The van der Waals surface area contributed by atoms with Gasteiger partial charge in [-0.2, -0.15) is 0 Å². The summed E-state index contributed by atoms with van der Waals surface area (Å²) in [7, 11) is 0. The summed E-state index contributed by atoms with van der Waals surface area (Å²) >= 11 is 1.71. The van der Waals surface area contributed by atoms with Crippen LogP contribution >= 0.6 is 11.3 Å². The Morgan fingerprint density at radius 2 is 1.72 bits per heavy atom. The maximum atomic E-state index is 4.67. The Balaban J connectivity index is 1.82. The highest BCUT2D eigenvalue weighted by Crippen LogP contribution is 2.22. The van der Waals surface area contributed by atoms with E-state index in [4.69, 9.17) is 0 Å². The zero-order chi connectivity index (χ0) is 12.2. The molecule has 0 N–H and O–H groups in total. The van der Waals surface area contributed by atoms with Gasteiger partial charge in [0.1, 0.15) is 0 Å². The van der Waals surface area contributed by atoms with Crippen molar-refractivity contribution in [1.29, 1.82) is 0 Å². The van der Waals surface area contributed by atoms with Gasteiger partial charge in [-0.15, -0.1) is 11.3 Å². The Hall–Kier alpha value is -2.00. The zero-order valence-corrected chi connectivity index (χ0v) is 10.6. The number of nitrogens with zero attached hydrogens (tertiary/aromatic N) is 2. The number of hydrogen-bond acceptors (Lipinski definition) is 3. The third-order valence-corrected chi connectivity index (χ3v) is 3.57. The first-order valence-electron chi connectivity index (χ1n) is 5.80. The monoisotopic (exact) mass is 252 g/mol. The van der Waals surface area contributed by atoms with Gasteiger partial charge < -0.3 is 0 Å². The molecule has 1 aromatic carbocycles. The Morgan fingerprint density at radius 3 is 2.50 bits per heavy atom. The predicted octanol–water partition coefficient (Wildman–Crippen LogP) is 3.80. The summed E-state index contributed by atoms with van der Waals surface area (Å²) < 4.78 is 0. The average Bonchev–Trinajstić information content (AvgIpc) is 2.89. The van der Waals surface area contributed by atoms with Gasteiger partial charge in [0, 0.05) is 29.8 Å². The van der Waals surface area contributed by atoms with Crippen molar-refractivity contribution in [1.82, 2.24) is 9.97 Å². The SMILES string of the molecule is c1ccc(Cc2nc(-c3ccncc3)cs2)cc1. The summed E-state index contributed by atoms with van der Waals surface area (Å²) in [5.41, 5.74) is 3.46. The van der Waals surface area contributed by atoms with Crippen LogP contribution in [0.5, 0.6) is 0 Å². The van der Waals surface area contributed by atoms with Crippen molar-refractivity contribution < 1.29 is 0 Å². The number of aromatic nitrogens is 2. The fourth-order valence-electron chi connectivity index (χ4n) is 1.82. The second-order valence-electron chi connectivity index (χ2n) is 4.02. The first-order chi connectivity index (χ1) is 8.92. The summed E-state index contributed by atoms with van der Waals surface area (Å²) in [4.78, 5) is 8.69. The molecule has 0 fully saturated rings. The fraction of sp³-hybridized carbons (Fsp3) is 0.0667. The average molecular weight is 252 g/mol. The van der Waals surface area contributed by atoms with E-state index in [1.54, 1.807) is 23.7 Å². The van der Waals surface area contributed by atoms with Gasteiger partial charge in [0.25, 0.3) is 0 Å². The maximum absolute atomic E-state index is 4.67. The highest BCUT2D eigenvalue weighted by Gasteiger charge is 2.04. The third kappa shape index (κ3) is 2.46. The molecular weight excluding hydrogens is 240 g/mol. The number of thiazole rings is 1. The largest absolute Gasteiger partial charge is 0.265 e. The fourth-order valence-corrected chi connectivity index (χ4v) is 2.66. The quantitative estimate of drug-likeness (QED) is 0.708. The van der Waals surface area contributed by atoms with Crippen LogP contribution in [-0.4, -0.2) is 9.97 Å². The molecule has 2 nitrogen and oxygen atoms in total. The van der Waals surface area contributed by atoms with Crippen molar-refractivity contribution in [3.63, 3.8) is 0 Å². The van der Waals surface area contributed by atoms with Crippen molar-refractivity contribution in [2.24, 2.45) is 0 Å². The second-order valence-corrected chi connectivity index (χ2v) is 4.97. The first kappa shape index (κ1) is 11.1. The number of pyridine rings is 1. The predicted molar refractivity (Wildman–Crippen MR) is 74.6 cm³/mol. The van der Waals surface area contributed by atoms with E-state index in [1.807, 2.05) is 18.2 Å². The molecule has 0 saturated carbocycles. The van der Waals surface area contributed by atoms with E-state index in [9.17, 15) is 0 Å². The molecule has 0 spiro atoms. The van der Waals surface area contributed by atoms with Crippen LogP contribution in [0.2, 0.25) is 0 Å². The molecule has 88 valence electrons. The van der Waals surface area contributed by atoms with Gasteiger partial charge in [-0.1, -0.05) is 30.3 Å². The van der Waals surface area contributed by atoms with Gasteiger partial charge in [0.15, 0.2) is 0 Å². The third-order valence-electron chi connectivity index (χ3n) is 2.73. The van der Waals surface area contributed by atoms with Crippen LogP contribution in [0.3, 0.4) is 0 Å². The van der Waals surface area contributed by atoms with Crippen LogP contribution in [0.1, 0.15) is 10.6 Å². The topological polar surface area (TPSA) is 25.8 Å². The summed E-state index contributed by atoms with van der Waals surface area (Å²) in [6.45, 7) is 0. The molecule has 2 aromatic heterocycles. The van der Waals surface area contributed by atoms with Gasteiger partial charge in [0.2, 0.25) is 0 Å². The molecule has 0 radical (unpaired) electrons. The molecular formula is C15H12N2S. The highest BCUT2D eigenvalue weighted by molar-refractivity contribution is 7.10. The zero-order valence-electron chi connectivity index (χ0n) is 9.78. The summed E-state index contributed by atoms with van der Waals surface area (Å²) in [6.07, 6.45) is 4.49. The van der Waals surface area contributed by atoms with E-state index in [-0.39, 0.29) is 0 Å². The van der Waals surface area contributed by atoms with Crippen molar-refractivity contribution in [2.45, 2.75) is 6.42 Å². The van der Waals surface area contributed by atoms with Crippen LogP contribution in [-0.2, 0) is 6.42 Å². The molecule has 2 heterocycles. The minimum absolute atomic E-state index is 0.899. The molecule has 3 rings (SSSR count). The number of hydrogen-bond donors (Lipinski definition) is 0. The molecule has 18 heavy (non-hydrogen) atoms. The number of benzene rings is 1. The molecule has 0 aliphatic carbocycles. The molecule has 0 atom stereocenters. The van der Waals surface area contributed by atoms with Gasteiger partial charge in [-0.05, 0) is 17.7 Å². The lowest BCUT2D eigenvalue weighted by molar-refractivity contribution is 1.14. The van der Waals surface area contributed by atoms with Gasteiger partial charge in [-0.25, -0.2) is 4.98 Å². The second kappa shape index (κ2) is 5.10. The highest BCUT2D eigenvalue weighted by atomic mass is 32.1. The van der Waals surface area contributed by atoms with Gasteiger partial charge in [0.05, 0.1) is 10.7 Å².